The Labute approximate surface area is 148 Å². The molecule has 0 spiro atoms. The van der Waals surface area contributed by atoms with Crippen molar-refractivity contribution in [3.63, 3.8) is 0 Å². The van der Waals surface area contributed by atoms with Crippen LogP contribution < -0.4 is 5.32 Å². The van der Waals surface area contributed by atoms with Gasteiger partial charge in [0.05, 0.1) is 6.54 Å². The lowest BCUT2D eigenvalue weighted by atomic mass is 9.97. The fourth-order valence-electron chi connectivity index (χ4n) is 4.28. The van der Waals surface area contributed by atoms with Gasteiger partial charge < -0.3 is 9.84 Å². The number of nitrogens with zero attached hydrogens (tertiary/aromatic N) is 3. The van der Waals surface area contributed by atoms with E-state index in [2.05, 4.69) is 20.4 Å². The summed E-state index contributed by atoms with van der Waals surface area (Å²) in [5.74, 6) is 4.20. The highest BCUT2D eigenvalue weighted by molar-refractivity contribution is 5.78. The number of piperidine rings is 1. The summed E-state index contributed by atoms with van der Waals surface area (Å²) >= 11 is 0. The number of nitrogens with one attached hydrogen (secondary N) is 1. The number of hydrogen-bond donors (Lipinski definition) is 1. The first-order valence-electron chi connectivity index (χ1n) is 10.1. The van der Waals surface area contributed by atoms with E-state index < -0.39 is 0 Å². The van der Waals surface area contributed by atoms with Gasteiger partial charge in [-0.15, -0.1) is 0 Å². The fraction of sp³-hybridized carbons (Fsp3) is 0.842. The van der Waals surface area contributed by atoms with Gasteiger partial charge in [0.15, 0.2) is 5.82 Å². The van der Waals surface area contributed by atoms with Crippen molar-refractivity contribution in [2.45, 2.75) is 69.2 Å². The van der Waals surface area contributed by atoms with Crippen LogP contribution in [0.15, 0.2) is 4.52 Å². The van der Waals surface area contributed by atoms with Gasteiger partial charge in [0, 0.05) is 24.4 Å². The molecule has 4 aliphatic rings. The molecule has 1 aliphatic heterocycles. The maximum atomic E-state index is 12.5. The van der Waals surface area contributed by atoms with E-state index in [9.17, 15) is 4.79 Å². The summed E-state index contributed by atoms with van der Waals surface area (Å²) in [5, 5.41) is 7.55. The normalized spacial score (nSPS) is 27.6. The van der Waals surface area contributed by atoms with E-state index in [0.717, 1.165) is 49.5 Å². The van der Waals surface area contributed by atoms with Crippen LogP contribution in [0, 0.1) is 11.8 Å². The standard InChI is InChI=1S/C19H28N4O2/c24-16(20-17(12-3-4-12)13-5-6-13)11-23-9-1-2-15(10-23)18-21-19(25-22-18)14-7-8-14/h12-15,17H,1-11H2,(H,20,24)/t15-/m0/s1. The average molecular weight is 344 g/mol. The van der Waals surface area contributed by atoms with Crippen LogP contribution in [0.1, 0.15) is 74.9 Å². The highest BCUT2D eigenvalue weighted by Crippen LogP contribution is 2.44. The van der Waals surface area contributed by atoms with Crippen LogP contribution in [0.4, 0.5) is 0 Å². The van der Waals surface area contributed by atoms with Crippen molar-refractivity contribution in [1.29, 1.82) is 0 Å². The van der Waals surface area contributed by atoms with Crippen molar-refractivity contribution in [2.24, 2.45) is 11.8 Å². The lowest BCUT2D eigenvalue weighted by Gasteiger charge is -2.31. The zero-order chi connectivity index (χ0) is 16.8. The van der Waals surface area contributed by atoms with Gasteiger partial charge in [0.2, 0.25) is 11.8 Å². The summed E-state index contributed by atoms with van der Waals surface area (Å²) in [6.07, 6.45) is 9.75. The third-order valence-electron chi connectivity index (χ3n) is 6.21. The van der Waals surface area contributed by atoms with E-state index in [-0.39, 0.29) is 5.91 Å². The number of amides is 1. The van der Waals surface area contributed by atoms with Crippen LogP contribution in [0.5, 0.6) is 0 Å². The van der Waals surface area contributed by atoms with E-state index in [1.807, 2.05) is 0 Å². The second-order valence-electron chi connectivity index (χ2n) is 8.61. The SMILES string of the molecule is O=C(CN1CCC[C@H](c2noc(C3CC3)n2)C1)NC(C1CC1)C1CC1. The fourth-order valence-corrected chi connectivity index (χ4v) is 4.28. The summed E-state index contributed by atoms with van der Waals surface area (Å²) in [5.41, 5.74) is 0. The van der Waals surface area contributed by atoms with Crippen molar-refractivity contribution in [3.8, 4) is 0 Å². The quantitative estimate of drug-likeness (QED) is 0.822. The van der Waals surface area contributed by atoms with Crippen LogP contribution in [0.25, 0.3) is 0 Å². The monoisotopic (exact) mass is 344 g/mol. The van der Waals surface area contributed by atoms with Gasteiger partial charge in [-0.1, -0.05) is 5.16 Å². The predicted molar refractivity (Wildman–Crippen MR) is 92.1 cm³/mol. The molecule has 0 bridgehead atoms. The number of carbonyl (C=O) groups is 1. The van der Waals surface area contributed by atoms with Gasteiger partial charge >= 0.3 is 0 Å². The minimum absolute atomic E-state index is 0.205. The highest BCUT2D eigenvalue weighted by atomic mass is 16.5. The van der Waals surface area contributed by atoms with Gasteiger partial charge in [-0.2, -0.15) is 4.98 Å². The molecule has 0 unspecified atom stereocenters. The van der Waals surface area contributed by atoms with Crippen molar-refractivity contribution < 1.29 is 9.32 Å². The molecule has 1 saturated heterocycles. The Morgan fingerprint density at radius 3 is 2.56 bits per heavy atom. The Hall–Kier alpha value is -1.43. The zero-order valence-corrected chi connectivity index (χ0v) is 14.8. The maximum absolute atomic E-state index is 12.5. The van der Waals surface area contributed by atoms with Gasteiger partial charge in [-0.3, -0.25) is 9.69 Å². The Bertz CT molecular complexity index is 621. The van der Waals surface area contributed by atoms with Crippen molar-refractivity contribution in [1.82, 2.24) is 20.4 Å². The Balaban J connectivity index is 1.15. The minimum atomic E-state index is 0.205. The molecular weight excluding hydrogens is 316 g/mol. The third kappa shape index (κ3) is 3.73. The van der Waals surface area contributed by atoms with Crippen LogP contribution in [0.3, 0.4) is 0 Å². The van der Waals surface area contributed by atoms with Gasteiger partial charge in [0.1, 0.15) is 0 Å². The summed E-state index contributed by atoms with van der Waals surface area (Å²) in [6.45, 7) is 2.38. The van der Waals surface area contributed by atoms with Crippen LogP contribution in [0.2, 0.25) is 0 Å². The number of aromatic nitrogens is 2. The number of rotatable bonds is 7. The van der Waals surface area contributed by atoms with E-state index in [4.69, 9.17) is 4.52 Å². The first-order chi connectivity index (χ1) is 12.3. The molecule has 4 fully saturated rings. The molecule has 3 saturated carbocycles. The van der Waals surface area contributed by atoms with Crippen LogP contribution >= 0.6 is 0 Å². The van der Waals surface area contributed by atoms with E-state index >= 15 is 0 Å². The molecule has 6 nitrogen and oxygen atoms in total. The molecule has 1 N–H and O–H groups in total. The van der Waals surface area contributed by atoms with Gasteiger partial charge in [-0.05, 0) is 69.7 Å². The lowest BCUT2D eigenvalue weighted by molar-refractivity contribution is -0.123. The second-order valence-corrected chi connectivity index (χ2v) is 8.61. The average Bonchev–Trinajstić information content (AvgIpc) is 3.47. The molecule has 1 aromatic rings. The lowest BCUT2D eigenvalue weighted by Crippen LogP contribution is -2.46. The minimum Gasteiger partial charge on any atom is -0.352 e. The topological polar surface area (TPSA) is 71.3 Å². The summed E-state index contributed by atoms with van der Waals surface area (Å²) in [7, 11) is 0. The maximum Gasteiger partial charge on any atom is 0.234 e. The number of likely N-dealkylation sites (tertiary alicyclic amines) is 1. The van der Waals surface area contributed by atoms with E-state index in [1.165, 1.54) is 38.5 Å². The molecular formula is C19H28N4O2. The van der Waals surface area contributed by atoms with Gasteiger partial charge in [0.25, 0.3) is 0 Å². The van der Waals surface area contributed by atoms with Crippen LogP contribution in [-0.2, 0) is 4.79 Å². The molecule has 2 heterocycles. The molecule has 1 aromatic heterocycles. The molecule has 1 atom stereocenters. The molecule has 3 aliphatic carbocycles. The Morgan fingerprint density at radius 1 is 1.12 bits per heavy atom. The Morgan fingerprint density at radius 2 is 1.88 bits per heavy atom. The highest BCUT2D eigenvalue weighted by Gasteiger charge is 2.42. The first kappa shape index (κ1) is 15.8. The largest absolute Gasteiger partial charge is 0.352 e. The van der Waals surface area contributed by atoms with Crippen molar-refractivity contribution in [2.75, 3.05) is 19.6 Å². The van der Waals surface area contributed by atoms with E-state index in [1.54, 1.807) is 0 Å². The summed E-state index contributed by atoms with van der Waals surface area (Å²) < 4.78 is 5.42. The zero-order valence-electron chi connectivity index (χ0n) is 14.8. The molecule has 5 rings (SSSR count). The molecule has 0 aromatic carbocycles. The number of carbonyl (C=O) groups excluding carboxylic acids is 1. The van der Waals surface area contributed by atoms with E-state index in [0.29, 0.717) is 24.4 Å². The summed E-state index contributed by atoms with van der Waals surface area (Å²) in [4.78, 5) is 19.4. The molecule has 1 amide bonds. The predicted octanol–water partition coefficient (Wildman–Crippen LogP) is 2.43. The second kappa shape index (κ2) is 6.38. The van der Waals surface area contributed by atoms with Gasteiger partial charge in [-0.25, -0.2) is 0 Å². The molecule has 6 heteroatoms. The molecule has 136 valence electrons. The first-order valence-corrected chi connectivity index (χ1v) is 10.1. The Kier molecular flexibility index (Phi) is 4.03. The summed E-state index contributed by atoms with van der Waals surface area (Å²) in [6, 6.07) is 0.450. The van der Waals surface area contributed by atoms with Crippen molar-refractivity contribution >= 4 is 5.91 Å². The van der Waals surface area contributed by atoms with Crippen LogP contribution in [-0.4, -0.2) is 46.6 Å². The van der Waals surface area contributed by atoms with Crippen molar-refractivity contribution in [3.05, 3.63) is 11.7 Å². The molecule has 25 heavy (non-hydrogen) atoms. The smallest absolute Gasteiger partial charge is 0.234 e. The molecule has 0 radical (unpaired) electrons. The number of hydrogen-bond acceptors (Lipinski definition) is 5. The third-order valence-corrected chi connectivity index (χ3v) is 6.21.